The summed E-state index contributed by atoms with van der Waals surface area (Å²) in [4.78, 5) is 19.4. The van der Waals surface area contributed by atoms with Crippen LogP contribution in [0.2, 0.25) is 0 Å². The molecule has 1 N–H and O–H groups in total. The molecule has 7 heteroatoms. The second-order valence-electron chi connectivity index (χ2n) is 11.5. The number of hydrogen-bond acceptors (Lipinski definition) is 4. The van der Waals surface area contributed by atoms with Crippen LogP contribution in [-0.2, 0) is 30.3 Å². The number of ketones is 1. The average molecular weight is 766 g/mol. The van der Waals surface area contributed by atoms with Gasteiger partial charge in [0.2, 0.25) is 0 Å². The Morgan fingerprint density at radius 1 is 0.841 bits per heavy atom. The van der Waals surface area contributed by atoms with E-state index < -0.39 is 11.6 Å². The molecule has 225 valence electrons. The molecule has 2 aromatic heterocycles. The second kappa shape index (κ2) is 13.1. The van der Waals surface area contributed by atoms with E-state index in [4.69, 9.17) is 10.1 Å². The van der Waals surface area contributed by atoms with Gasteiger partial charge < -0.3 is 5.11 Å². The molecular formula is C37H31F2IrN2O2-. The smallest absolute Gasteiger partial charge is 0.155 e. The van der Waals surface area contributed by atoms with E-state index in [0.717, 1.165) is 32.8 Å². The maximum Gasteiger partial charge on any atom is 0.155 e. The summed E-state index contributed by atoms with van der Waals surface area (Å²) in [5.41, 5.74) is 3.97. The Morgan fingerprint density at radius 2 is 1.55 bits per heavy atom. The molecule has 1 radical (unpaired) electrons. The van der Waals surface area contributed by atoms with Crippen LogP contribution >= 0.6 is 0 Å². The monoisotopic (exact) mass is 766 g/mol. The predicted molar refractivity (Wildman–Crippen MR) is 170 cm³/mol. The standard InChI is InChI=1S/C32H23F2N2.C5H8O2.Ir/c1-32(2,3)26-16-21(15-19-7-4-5-8-22(19)26)31-25-18-36-29-17-20(30-27(33)9-6-10-28(30)34)11-12-24(29)23(25)13-14-35-31;1-4(6)3-5(2)7;/h4-14,16-18H,1-3H3;3,6H,1-2H3;/q-1;;/b;4-3-;. The van der Waals surface area contributed by atoms with Gasteiger partial charge in [-0.3, -0.25) is 14.8 Å². The van der Waals surface area contributed by atoms with Crippen molar-refractivity contribution >= 4 is 38.2 Å². The molecule has 0 saturated heterocycles. The summed E-state index contributed by atoms with van der Waals surface area (Å²) in [5.74, 6) is -1.25. The SMILES string of the molecule is CC(=O)/C=C(/C)O.CC(C)(C)c1cc(-c2nccc3c2cnc2cc(-c4c(F)cccc4F)ccc23)[c-]c2ccccc12.[Ir]. The normalized spacial score (nSPS) is 11.7. The summed E-state index contributed by atoms with van der Waals surface area (Å²) in [7, 11) is 0. The first-order valence-electron chi connectivity index (χ1n) is 13.9. The number of allylic oxidation sites excluding steroid dienone is 2. The van der Waals surface area contributed by atoms with Gasteiger partial charge in [0.25, 0.3) is 0 Å². The van der Waals surface area contributed by atoms with E-state index in [1.165, 1.54) is 49.1 Å². The third-order valence-electron chi connectivity index (χ3n) is 7.11. The number of fused-ring (bicyclic) bond motifs is 4. The summed E-state index contributed by atoms with van der Waals surface area (Å²) >= 11 is 0. The van der Waals surface area contributed by atoms with Gasteiger partial charge in [0.05, 0.1) is 16.8 Å². The molecule has 0 fully saturated rings. The number of aliphatic hydroxyl groups is 1. The maximum atomic E-state index is 14.4. The minimum atomic E-state index is -0.594. The molecule has 6 aromatic rings. The second-order valence-corrected chi connectivity index (χ2v) is 11.5. The van der Waals surface area contributed by atoms with Crippen molar-refractivity contribution in [3.8, 4) is 22.4 Å². The molecule has 0 aliphatic carbocycles. The van der Waals surface area contributed by atoms with Crippen LogP contribution in [0.3, 0.4) is 0 Å². The molecule has 4 aromatic carbocycles. The quantitative estimate of drug-likeness (QED) is 0.0844. The number of carbonyl (C=O) groups excluding carboxylic acids is 1. The maximum absolute atomic E-state index is 14.4. The molecule has 0 bridgehead atoms. The summed E-state index contributed by atoms with van der Waals surface area (Å²) < 4.78 is 28.8. The van der Waals surface area contributed by atoms with Gasteiger partial charge in [-0.1, -0.05) is 68.1 Å². The number of aromatic nitrogens is 2. The van der Waals surface area contributed by atoms with E-state index in [1.807, 2.05) is 18.2 Å². The van der Waals surface area contributed by atoms with Gasteiger partial charge in [0.15, 0.2) is 5.78 Å². The summed E-state index contributed by atoms with van der Waals surface area (Å²) in [6, 6.07) is 25.2. The van der Waals surface area contributed by atoms with Crippen molar-refractivity contribution in [1.82, 2.24) is 9.97 Å². The molecule has 4 nitrogen and oxygen atoms in total. The van der Waals surface area contributed by atoms with E-state index in [-0.39, 0.29) is 42.6 Å². The summed E-state index contributed by atoms with van der Waals surface area (Å²) in [5, 5.41) is 13.4. The first kappa shape index (κ1) is 32.6. The molecule has 44 heavy (non-hydrogen) atoms. The molecular weight excluding hydrogens is 735 g/mol. The number of hydrogen-bond donors (Lipinski definition) is 1. The van der Waals surface area contributed by atoms with Crippen molar-refractivity contribution in [2.75, 3.05) is 0 Å². The van der Waals surface area contributed by atoms with Crippen molar-refractivity contribution in [2.24, 2.45) is 0 Å². The van der Waals surface area contributed by atoms with Crippen LogP contribution in [0, 0.1) is 17.7 Å². The number of halogens is 2. The van der Waals surface area contributed by atoms with Gasteiger partial charge in [-0.25, -0.2) is 8.78 Å². The zero-order chi connectivity index (χ0) is 30.9. The molecule has 0 saturated carbocycles. The van der Waals surface area contributed by atoms with Gasteiger partial charge in [0, 0.05) is 49.7 Å². The van der Waals surface area contributed by atoms with E-state index in [0.29, 0.717) is 11.1 Å². The molecule has 6 rings (SSSR count). The van der Waals surface area contributed by atoms with Gasteiger partial charge >= 0.3 is 0 Å². The van der Waals surface area contributed by atoms with Crippen molar-refractivity contribution in [1.29, 1.82) is 0 Å². The largest absolute Gasteiger partial charge is 0.512 e. The van der Waals surface area contributed by atoms with Crippen molar-refractivity contribution in [3.63, 3.8) is 0 Å². The molecule has 2 heterocycles. The van der Waals surface area contributed by atoms with E-state index in [1.54, 1.807) is 24.5 Å². The summed E-state index contributed by atoms with van der Waals surface area (Å²) in [6.07, 6.45) is 4.75. The van der Waals surface area contributed by atoms with Gasteiger partial charge in [-0.2, -0.15) is 0 Å². The zero-order valence-corrected chi connectivity index (χ0v) is 27.4. The van der Waals surface area contributed by atoms with Gasteiger partial charge in [-0.15, -0.1) is 29.1 Å². The Hall–Kier alpha value is -4.32. The van der Waals surface area contributed by atoms with E-state index >= 15 is 0 Å². The Morgan fingerprint density at radius 3 is 2.18 bits per heavy atom. The Labute approximate surface area is 268 Å². The average Bonchev–Trinajstić information content (AvgIpc) is 2.95. The Balaban J connectivity index is 0.000000497. The van der Waals surface area contributed by atoms with Crippen molar-refractivity contribution in [2.45, 2.75) is 40.0 Å². The fourth-order valence-electron chi connectivity index (χ4n) is 5.26. The van der Waals surface area contributed by atoms with Crippen LogP contribution in [0.15, 0.2) is 97.0 Å². The first-order valence-corrected chi connectivity index (χ1v) is 13.9. The van der Waals surface area contributed by atoms with Gasteiger partial charge in [0.1, 0.15) is 11.6 Å². The number of carbonyl (C=O) groups is 1. The molecule has 0 spiro atoms. The molecule has 0 atom stereocenters. The van der Waals surface area contributed by atoms with Crippen LogP contribution in [0.5, 0.6) is 0 Å². The number of rotatable bonds is 3. The fraction of sp³-hybridized carbons (Fsp3) is 0.162. The number of benzene rings is 4. The number of pyridine rings is 2. The number of aliphatic hydroxyl groups excluding tert-OH is 1. The molecule has 0 unspecified atom stereocenters. The van der Waals surface area contributed by atoms with Crippen molar-refractivity contribution < 1.29 is 38.8 Å². The zero-order valence-electron chi connectivity index (χ0n) is 25.0. The van der Waals surface area contributed by atoms with Crippen LogP contribution in [-0.4, -0.2) is 20.9 Å². The minimum absolute atomic E-state index is 0. The van der Waals surface area contributed by atoms with Crippen molar-refractivity contribution in [3.05, 3.63) is 120 Å². The van der Waals surface area contributed by atoms with Crippen LogP contribution in [0.4, 0.5) is 8.78 Å². The Bertz CT molecular complexity index is 2020. The van der Waals surface area contributed by atoms with E-state index in [9.17, 15) is 13.6 Å². The minimum Gasteiger partial charge on any atom is -0.512 e. The third-order valence-corrected chi connectivity index (χ3v) is 7.11. The van der Waals surface area contributed by atoms with Crippen LogP contribution in [0.1, 0.15) is 40.2 Å². The van der Waals surface area contributed by atoms with Gasteiger partial charge in [-0.05, 0) is 59.9 Å². The summed E-state index contributed by atoms with van der Waals surface area (Å²) in [6.45, 7) is 9.47. The molecule has 0 amide bonds. The number of nitrogens with zero attached hydrogens (tertiary/aromatic N) is 2. The fourth-order valence-corrected chi connectivity index (χ4v) is 5.26. The van der Waals surface area contributed by atoms with E-state index in [2.05, 4.69) is 56.1 Å². The van der Waals surface area contributed by atoms with Crippen LogP contribution < -0.4 is 0 Å². The first-order chi connectivity index (χ1) is 20.4. The Kier molecular flexibility index (Phi) is 9.72. The van der Waals surface area contributed by atoms with Crippen LogP contribution in [0.25, 0.3) is 54.8 Å². The topological polar surface area (TPSA) is 63.1 Å². The third kappa shape index (κ3) is 6.75. The molecule has 0 aliphatic heterocycles. The predicted octanol–water partition coefficient (Wildman–Crippen LogP) is 9.68. The molecule has 0 aliphatic rings.